The van der Waals surface area contributed by atoms with Gasteiger partial charge in [0, 0.05) is 6.54 Å². The number of rotatable bonds is 2. The maximum atomic E-state index is 12.0. The summed E-state index contributed by atoms with van der Waals surface area (Å²) >= 11 is 0. The molecule has 112 valence electrons. The quantitative estimate of drug-likeness (QED) is 0.711. The molecule has 7 nitrogen and oxygen atoms in total. The van der Waals surface area contributed by atoms with E-state index < -0.39 is 17.7 Å². The first-order chi connectivity index (χ1) is 9.31. The molecule has 2 aliphatic heterocycles. The Morgan fingerprint density at radius 1 is 1.40 bits per heavy atom. The van der Waals surface area contributed by atoms with E-state index in [1.54, 1.807) is 6.92 Å². The highest BCUT2D eigenvalue weighted by Gasteiger charge is 2.47. The van der Waals surface area contributed by atoms with Crippen molar-refractivity contribution >= 4 is 17.8 Å². The number of oxime groups is 1. The lowest BCUT2D eigenvalue weighted by Gasteiger charge is -2.24. The zero-order valence-corrected chi connectivity index (χ0v) is 12.2. The predicted octanol–water partition coefficient (Wildman–Crippen LogP) is 1.17. The lowest BCUT2D eigenvalue weighted by atomic mass is 10.0. The third-order valence-electron chi connectivity index (χ3n) is 3.04. The first kappa shape index (κ1) is 14.6. The smallest absolute Gasteiger partial charge is 0.410 e. The first-order valence-corrected chi connectivity index (χ1v) is 6.70. The van der Waals surface area contributed by atoms with E-state index in [2.05, 4.69) is 5.16 Å². The fourth-order valence-corrected chi connectivity index (χ4v) is 2.20. The average molecular weight is 284 g/mol. The van der Waals surface area contributed by atoms with Crippen molar-refractivity contribution in [3.63, 3.8) is 0 Å². The van der Waals surface area contributed by atoms with Crippen molar-refractivity contribution in [2.75, 3.05) is 19.7 Å². The second-order valence-electron chi connectivity index (χ2n) is 5.83. The maximum Gasteiger partial charge on any atom is 0.410 e. The SMILES string of the molecule is CCOC(=O)C1=NO[C@@H]2CN(C(=O)OC(C)(C)C)C[C@H]12. The van der Waals surface area contributed by atoms with Crippen LogP contribution in [0.1, 0.15) is 27.7 Å². The number of nitrogens with zero attached hydrogens (tertiary/aromatic N) is 2. The molecule has 0 N–H and O–H groups in total. The maximum absolute atomic E-state index is 12.0. The Kier molecular flexibility index (Phi) is 3.87. The summed E-state index contributed by atoms with van der Waals surface area (Å²) in [5, 5.41) is 3.77. The standard InChI is InChI=1S/C13H20N2O5/c1-5-18-11(16)10-8-6-15(7-9(8)20-14-10)12(17)19-13(2,3)4/h8-9H,5-7H2,1-4H3/t8-,9+/m0/s1. The molecule has 0 aliphatic carbocycles. The van der Waals surface area contributed by atoms with E-state index in [4.69, 9.17) is 14.3 Å². The van der Waals surface area contributed by atoms with Crippen molar-refractivity contribution in [3.05, 3.63) is 0 Å². The van der Waals surface area contributed by atoms with Crippen LogP contribution < -0.4 is 0 Å². The minimum absolute atomic E-state index is 0.235. The molecule has 1 saturated heterocycles. The molecule has 0 bridgehead atoms. The van der Waals surface area contributed by atoms with E-state index in [1.165, 1.54) is 4.90 Å². The highest BCUT2D eigenvalue weighted by molar-refractivity contribution is 6.37. The summed E-state index contributed by atoms with van der Waals surface area (Å²) in [4.78, 5) is 30.5. The van der Waals surface area contributed by atoms with Gasteiger partial charge in [-0.1, -0.05) is 5.16 Å². The van der Waals surface area contributed by atoms with Crippen LogP contribution in [-0.4, -0.2) is 54.1 Å². The molecular formula is C13H20N2O5. The molecule has 2 atom stereocenters. The Bertz CT molecular complexity index is 441. The van der Waals surface area contributed by atoms with Gasteiger partial charge in [0.1, 0.15) is 5.60 Å². The molecule has 2 heterocycles. The van der Waals surface area contributed by atoms with Crippen molar-refractivity contribution in [3.8, 4) is 0 Å². The van der Waals surface area contributed by atoms with Crippen molar-refractivity contribution in [1.29, 1.82) is 0 Å². The van der Waals surface area contributed by atoms with Gasteiger partial charge < -0.3 is 19.2 Å². The normalized spacial score (nSPS) is 24.8. The number of hydrogen-bond acceptors (Lipinski definition) is 6. The van der Waals surface area contributed by atoms with Gasteiger partial charge in [-0.3, -0.25) is 0 Å². The molecule has 0 saturated carbocycles. The molecule has 2 aliphatic rings. The van der Waals surface area contributed by atoms with E-state index in [0.717, 1.165) is 0 Å². The Morgan fingerprint density at radius 2 is 2.10 bits per heavy atom. The molecule has 1 fully saturated rings. The molecule has 0 aromatic heterocycles. The lowest BCUT2D eigenvalue weighted by molar-refractivity contribution is -0.135. The van der Waals surface area contributed by atoms with Gasteiger partial charge in [0.05, 0.1) is 19.1 Å². The van der Waals surface area contributed by atoms with Gasteiger partial charge in [-0.15, -0.1) is 0 Å². The van der Waals surface area contributed by atoms with Gasteiger partial charge in [0.25, 0.3) is 0 Å². The van der Waals surface area contributed by atoms with E-state index >= 15 is 0 Å². The molecule has 0 aromatic carbocycles. The second kappa shape index (κ2) is 5.30. The van der Waals surface area contributed by atoms with Crippen LogP contribution in [0, 0.1) is 5.92 Å². The van der Waals surface area contributed by atoms with Crippen LogP contribution in [0.4, 0.5) is 4.79 Å². The monoisotopic (exact) mass is 284 g/mol. The summed E-state index contributed by atoms with van der Waals surface area (Å²) in [7, 11) is 0. The van der Waals surface area contributed by atoms with E-state index in [0.29, 0.717) is 13.1 Å². The molecule has 0 radical (unpaired) electrons. The number of amides is 1. The number of ether oxygens (including phenoxy) is 2. The van der Waals surface area contributed by atoms with Gasteiger partial charge in [0.15, 0.2) is 11.8 Å². The molecule has 0 aromatic rings. The molecule has 20 heavy (non-hydrogen) atoms. The van der Waals surface area contributed by atoms with E-state index in [1.807, 2.05) is 20.8 Å². The highest BCUT2D eigenvalue weighted by atomic mass is 16.7. The van der Waals surface area contributed by atoms with Crippen LogP contribution in [0.5, 0.6) is 0 Å². The zero-order chi connectivity index (χ0) is 14.9. The Balaban J connectivity index is 1.97. The lowest BCUT2D eigenvalue weighted by Crippen LogP contribution is -2.36. The fourth-order valence-electron chi connectivity index (χ4n) is 2.20. The summed E-state index contributed by atoms with van der Waals surface area (Å²) < 4.78 is 10.2. The predicted molar refractivity (Wildman–Crippen MR) is 70.2 cm³/mol. The van der Waals surface area contributed by atoms with Crippen molar-refractivity contribution in [2.45, 2.75) is 39.4 Å². The summed E-state index contributed by atoms with van der Waals surface area (Å²) in [5.74, 6) is -0.715. The van der Waals surface area contributed by atoms with Gasteiger partial charge in [-0.2, -0.15) is 0 Å². The van der Waals surface area contributed by atoms with Crippen LogP contribution in [0.15, 0.2) is 5.16 Å². The number of fused-ring (bicyclic) bond motifs is 1. The third kappa shape index (κ3) is 3.02. The molecule has 7 heteroatoms. The number of carbonyl (C=O) groups is 2. The van der Waals surface area contributed by atoms with Crippen LogP contribution >= 0.6 is 0 Å². The summed E-state index contributed by atoms with van der Waals surface area (Å²) in [6, 6.07) is 0. The number of esters is 1. The minimum atomic E-state index is -0.548. The second-order valence-corrected chi connectivity index (χ2v) is 5.83. The van der Waals surface area contributed by atoms with Crippen molar-refractivity contribution in [2.24, 2.45) is 11.1 Å². The topological polar surface area (TPSA) is 77.4 Å². The minimum Gasteiger partial charge on any atom is -0.461 e. The average Bonchev–Trinajstić information content (AvgIpc) is 2.85. The van der Waals surface area contributed by atoms with Crippen LogP contribution in [0.25, 0.3) is 0 Å². The summed E-state index contributed by atoms with van der Waals surface area (Å²) in [6.45, 7) is 8.17. The number of carbonyl (C=O) groups excluding carboxylic acids is 2. The fraction of sp³-hybridized carbons (Fsp3) is 0.769. The number of likely N-dealkylation sites (tertiary alicyclic amines) is 1. The number of hydrogen-bond donors (Lipinski definition) is 0. The largest absolute Gasteiger partial charge is 0.461 e. The highest BCUT2D eigenvalue weighted by Crippen LogP contribution is 2.28. The molecule has 0 unspecified atom stereocenters. The Hall–Kier alpha value is -1.79. The van der Waals surface area contributed by atoms with Gasteiger partial charge in [-0.25, -0.2) is 9.59 Å². The van der Waals surface area contributed by atoms with Crippen molar-refractivity contribution < 1.29 is 23.9 Å². The van der Waals surface area contributed by atoms with Crippen LogP contribution in [-0.2, 0) is 19.1 Å². The van der Waals surface area contributed by atoms with Gasteiger partial charge in [-0.05, 0) is 27.7 Å². The Morgan fingerprint density at radius 3 is 2.70 bits per heavy atom. The van der Waals surface area contributed by atoms with E-state index in [9.17, 15) is 9.59 Å². The molecule has 2 rings (SSSR count). The molecule has 1 amide bonds. The zero-order valence-electron chi connectivity index (χ0n) is 12.2. The van der Waals surface area contributed by atoms with Crippen molar-refractivity contribution in [1.82, 2.24) is 4.90 Å². The van der Waals surface area contributed by atoms with Crippen LogP contribution in [0.3, 0.4) is 0 Å². The first-order valence-electron chi connectivity index (χ1n) is 6.70. The van der Waals surface area contributed by atoms with Crippen LogP contribution in [0.2, 0.25) is 0 Å². The van der Waals surface area contributed by atoms with E-state index in [-0.39, 0.29) is 24.3 Å². The van der Waals surface area contributed by atoms with Gasteiger partial charge in [0.2, 0.25) is 0 Å². The van der Waals surface area contributed by atoms with Gasteiger partial charge >= 0.3 is 12.1 Å². The summed E-state index contributed by atoms with van der Waals surface area (Å²) in [5.41, 5.74) is -0.295. The third-order valence-corrected chi connectivity index (χ3v) is 3.04. The molecule has 0 spiro atoms. The summed E-state index contributed by atoms with van der Waals surface area (Å²) in [6.07, 6.45) is -0.694. The molecular weight excluding hydrogens is 264 g/mol. The Labute approximate surface area is 117 Å².